The standard InChI is InChI=1S/C14H17N3O4/c1-21-14(20)10-16(9-13(18)19)6-7-17-8-11-4-2-3-5-12(11)15-17/h2-5,8H,6-7,9-10H2,1H3,(H,18,19). The van der Waals surface area contributed by atoms with Gasteiger partial charge in [-0.1, -0.05) is 18.2 Å². The van der Waals surface area contributed by atoms with Crippen molar-refractivity contribution in [3.8, 4) is 0 Å². The van der Waals surface area contributed by atoms with Gasteiger partial charge in [-0.3, -0.25) is 19.2 Å². The molecule has 0 aliphatic carbocycles. The lowest BCUT2D eigenvalue weighted by Crippen LogP contribution is -2.37. The number of fused-ring (bicyclic) bond motifs is 1. The van der Waals surface area contributed by atoms with E-state index >= 15 is 0 Å². The Balaban J connectivity index is 1.99. The van der Waals surface area contributed by atoms with Crippen molar-refractivity contribution in [2.24, 2.45) is 0 Å². The Morgan fingerprint density at radius 2 is 2.10 bits per heavy atom. The number of aromatic nitrogens is 2. The Morgan fingerprint density at radius 1 is 1.33 bits per heavy atom. The highest BCUT2D eigenvalue weighted by atomic mass is 16.5. The van der Waals surface area contributed by atoms with E-state index in [1.165, 1.54) is 12.0 Å². The number of hydrogen-bond donors (Lipinski definition) is 1. The van der Waals surface area contributed by atoms with E-state index in [4.69, 9.17) is 5.11 Å². The van der Waals surface area contributed by atoms with Gasteiger partial charge in [0.1, 0.15) is 0 Å². The van der Waals surface area contributed by atoms with Crippen molar-refractivity contribution in [3.63, 3.8) is 0 Å². The molecule has 0 saturated carbocycles. The molecule has 0 amide bonds. The average Bonchev–Trinajstić information content (AvgIpc) is 2.86. The third kappa shape index (κ3) is 4.28. The molecule has 112 valence electrons. The molecule has 0 spiro atoms. The molecule has 0 aliphatic heterocycles. The van der Waals surface area contributed by atoms with E-state index in [0.717, 1.165) is 10.9 Å². The predicted molar refractivity (Wildman–Crippen MR) is 75.8 cm³/mol. The summed E-state index contributed by atoms with van der Waals surface area (Å²) in [5.41, 5.74) is 0.884. The maximum atomic E-state index is 11.3. The van der Waals surface area contributed by atoms with Crippen LogP contribution in [0.15, 0.2) is 30.5 Å². The number of carbonyl (C=O) groups excluding carboxylic acids is 1. The van der Waals surface area contributed by atoms with E-state index in [-0.39, 0.29) is 13.1 Å². The number of nitrogens with zero attached hydrogens (tertiary/aromatic N) is 3. The summed E-state index contributed by atoms with van der Waals surface area (Å²) >= 11 is 0. The molecule has 1 aromatic carbocycles. The lowest BCUT2D eigenvalue weighted by Gasteiger charge is -2.18. The molecule has 0 unspecified atom stereocenters. The van der Waals surface area contributed by atoms with Crippen LogP contribution in [-0.4, -0.2) is 58.5 Å². The highest BCUT2D eigenvalue weighted by molar-refractivity contribution is 5.77. The molecule has 1 aromatic heterocycles. The van der Waals surface area contributed by atoms with Crippen molar-refractivity contribution in [2.75, 3.05) is 26.7 Å². The quantitative estimate of drug-likeness (QED) is 0.752. The van der Waals surface area contributed by atoms with Gasteiger partial charge in [0.25, 0.3) is 0 Å². The monoisotopic (exact) mass is 291 g/mol. The van der Waals surface area contributed by atoms with Crippen LogP contribution in [0.25, 0.3) is 10.9 Å². The van der Waals surface area contributed by atoms with Gasteiger partial charge in [-0.2, -0.15) is 5.10 Å². The summed E-state index contributed by atoms with van der Waals surface area (Å²) in [7, 11) is 1.28. The molecular formula is C14H17N3O4. The van der Waals surface area contributed by atoms with Crippen LogP contribution < -0.4 is 0 Å². The first-order chi connectivity index (χ1) is 10.1. The Labute approximate surface area is 121 Å². The van der Waals surface area contributed by atoms with E-state index in [9.17, 15) is 9.59 Å². The molecule has 1 N–H and O–H groups in total. The second-order valence-corrected chi connectivity index (χ2v) is 4.63. The van der Waals surface area contributed by atoms with Gasteiger partial charge in [-0.15, -0.1) is 0 Å². The van der Waals surface area contributed by atoms with Gasteiger partial charge in [-0.25, -0.2) is 0 Å². The number of benzene rings is 1. The van der Waals surface area contributed by atoms with Crippen LogP contribution in [0, 0.1) is 0 Å². The number of aliphatic carboxylic acids is 1. The van der Waals surface area contributed by atoms with Gasteiger partial charge in [-0.05, 0) is 6.07 Å². The highest BCUT2D eigenvalue weighted by Gasteiger charge is 2.14. The predicted octanol–water partition coefficient (Wildman–Crippen LogP) is 0.596. The lowest BCUT2D eigenvalue weighted by atomic mass is 10.3. The smallest absolute Gasteiger partial charge is 0.319 e. The zero-order valence-corrected chi connectivity index (χ0v) is 11.7. The molecule has 0 fully saturated rings. The average molecular weight is 291 g/mol. The number of carboxylic acids is 1. The van der Waals surface area contributed by atoms with Crippen molar-refractivity contribution in [2.45, 2.75) is 6.54 Å². The third-order valence-electron chi connectivity index (χ3n) is 3.05. The third-order valence-corrected chi connectivity index (χ3v) is 3.05. The van der Waals surface area contributed by atoms with E-state index in [2.05, 4.69) is 9.84 Å². The minimum Gasteiger partial charge on any atom is -0.480 e. The second-order valence-electron chi connectivity index (χ2n) is 4.63. The summed E-state index contributed by atoms with van der Waals surface area (Å²) in [6.45, 7) is 0.633. The molecule has 0 aliphatic rings. The van der Waals surface area contributed by atoms with Crippen LogP contribution in [0.4, 0.5) is 0 Å². The Bertz CT molecular complexity index is 605. The SMILES string of the molecule is COC(=O)CN(CCn1cc2ccccc2n1)CC(=O)O. The molecule has 7 nitrogen and oxygen atoms in total. The Morgan fingerprint density at radius 3 is 2.76 bits per heavy atom. The van der Waals surface area contributed by atoms with Crippen molar-refractivity contribution in [1.29, 1.82) is 0 Å². The number of methoxy groups -OCH3 is 1. The molecule has 0 saturated heterocycles. The molecule has 0 bridgehead atoms. The highest BCUT2D eigenvalue weighted by Crippen LogP contribution is 2.10. The molecule has 21 heavy (non-hydrogen) atoms. The summed E-state index contributed by atoms with van der Waals surface area (Å²) in [5.74, 6) is -1.44. The summed E-state index contributed by atoms with van der Waals surface area (Å²) < 4.78 is 6.31. The lowest BCUT2D eigenvalue weighted by molar-refractivity contribution is -0.144. The fourth-order valence-electron chi connectivity index (χ4n) is 2.03. The number of carboxylic acid groups (broad SMARTS) is 1. The van der Waals surface area contributed by atoms with Gasteiger partial charge in [0.05, 0.1) is 32.3 Å². The number of esters is 1. The maximum Gasteiger partial charge on any atom is 0.319 e. The van der Waals surface area contributed by atoms with Crippen LogP contribution in [0.5, 0.6) is 0 Å². The molecule has 2 aromatic rings. The van der Waals surface area contributed by atoms with E-state index < -0.39 is 11.9 Å². The fraction of sp³-hybridized carbons (Fsp3) is 0.357. The number of hydrogen-bond acceptors (Lipinski definition) is 5. The van der Waals surface area contributed by atoms with E-state index in [0.29, 0.717) is 13.1 Å². The minimum absolute atomic E-state index is 0.0520. The molecule has 0 atom stereocenters. The molecule has 1 heterocycles. The van der Waals surface area contributed by atoms with Crippen molar-refractivity contribution in [1.82, 2.24) is 14.7 Å². The van der Waals surface area contributed by atoms with Crippen LogP contribution >= 0.6 is 0 Å². The van der Waals surface area contributed by atoms with E-state index in [1.807, 2.05) is 30.5 Å². The number of ether oxygens (including phenoxy) is 1. The van der Waals surface area contributed by atoms with Crippen LogP contribution in [0.2, 0.25) is 0 Å². The summed E-state index contributed by atoms with van der Waals surface area (Å²) in [5, 5.41) is 14.3. The molecule has 0 radical (unpaired) electrons. The number of carbonyl (C=O) groups is 2. The first-order valence-electron chi connectivity index (χ1n) is 6.51. The second kappa shape index (κ2) is 6.85. The summed E-state index contributed by atoms with van der Waals surface area (Å²) in [6.07, 6.45) is 1.90. The molecule has 7 heteroatoms. The summed E-state index contributed by atoms with van der Waals surface area (Å²) in [4.78, 5) is 23.6. The zero-order chi connectivity index (χ0) is 15.2. The Kier molecular flexibility index (Phi) is 4.89. The van der Waals surface area contributed by atoms with Gasteiger partial charge in [0.2, 0.25) is 0 Å². The Hall–Kier alpha value is -2.41. The van der Waals surface area contributed by atoms with Gasteiger partial charge >= 0.3 is 11.9 Å². The minimum atomic E-state index is -0.982. The largest absolute Gasteiger partial charge is 0.480 e. The van der Waals surface area contributed by atoms with Crippen molar-refractivity contribution >= 4 is 22.8 Å². The molecular weight excluding hydrogens is 274 g/mol. The van der Waals surface area contributed by atoms with Crippen LogP contribution in [-0.2, 0) is 20.9 Å². The topological polar surface area (TPSA) is 84.7 Å². The zero-order valence-electron chi connectivity index (χ0n) is 11.7. The fourth-order valence-corrected chi connectivity index (χ4v) is 2.03. The first kappa shape index (κ1) is 15.0. The van der Waals surface area contributed by atoms with Gasteiger partial charge in [0, 0.05) is 18.1 Å². The van der Waals surface area contributed by atoms with Crippen LogP contribution in [0.1, 0.15) is 0 Å². The van der Waals surface area contributed by atoms with E-state index in [1.54, 1.807) is 4.68 Å². The molecule has 2 rings (SSSR count). The maximum absolute atomic E-state index is 11.3. The first-order valence-corrected chi connectivity index (χ1v) is 6.51. The van der Waals surface area contributed by atoms with Crippen molar-refractivity contribution in [3.05, 3.63) is 30.5 Å². The normalized spacial score (nSPS) is 11.0. The van der Waals surface area contributed by atoms with Crippen molar-refractivity contribution < 1.29 is 19.4 Å². The van der Waals surface area contributed by atoms with Gasteiger partial charge in [0.15, 0.2) is 0 Å². The number of rotatable bonds is 7. The van der Waals surface area contributed by atoms with Gasteiger partial charge < -0.3 is 9.84 Å². The van der Waals surface area contributed by atoms with Crippen LogP contribution in [0.3, 0.4) is 0 Å². The summed E-state index contributed by atoms with van der Waals surface area (Å²) in [6, 6.07) is 7.72.